The van der Waals surface area contributed by atoms with Crippen LogP contribution in [0.4, 0.5) is 5.82 Å². The van der Waals surface area contributed by atoms with Crippen LogP contribution in [0.25, 0.3) is 0 Å². The molecule has 3 N–H and O–H groups in total. The Balaban J connectivity index is 2.25. The van der Waals surface area contributed by atoms with Gasteiger partial charge in [0.05, 0.1) is 0 Å². The first-order valence-corrected chi connectivity index (χ1v) is 5.24. The number of aromatic carboxylic acids is 1. The molecule has 0 bridgehead atoms. The van der Waals surface area contributed by atoms with Gasteiger partial charge in [-0.05, 0) is 19.1 Å². The van der Waals surface area contributed by atoms with E-state index in [1.54, 1.807) is 37.3 Å². The summed E-state index contributed by atoms with van der Waals surface area (Å²) >= 11 is 0. The normalized spacial score (nSPS) is 10.1. The Labute approximate surface area is 103 Å². The molecular formula is C12H11N3O3. The number of amides is 1. The number of benzene rings is 1. The number of nitrogens with zero attached hydrogens (tertiary/aromatic N) is 1. The van der Waals surface area contributed by atoms with Crippen LogP contribution in [0.3, 0.4) is 0 Å². The second-order valence-corrected chi connectivity index (χ2v) is 3.70. The van der Waals surface area contributed by atoms with Crippen LogP contribution in [0.2, 0.25) is 0 Å². The smallest absolute Gasteiger partial charge is 0.341 e. The van der Waals surface area contributed by atoms with E-state index in [4.69, 9.17) is 5.11 Å². The fourth-order valence-electron chi connectivity index (χ4n) is 1.55. The van der Waals surface area contributed by atoms with E-state index in [2.05, 4.69) is 15.5 Å². The molecule has 2 rings (SSSR count). The molecule has 0 aliphatic rings. The monoisotopic (exact) mass is 245 g/mol. The number of aryl methyl sites for hydroxylation is 1. The van der Waals surface area contributed by atoms with Crippen LogP contribution < -0.4 is 5.32 Å². The summed E-state index contributed by atoms with van der Waals surface area (Å²) < 4.78 is 0. The number of hydrogen-bond donors (Lipinski definition) is 3. The van der Waals surface area contributed by atoms with Crippen molar-refractivity contribution in [3.8, 4) is 0 Å². The Morgan fingerprint density at radius 1 is 1.28 bits per heavy atom. The van der Waals surface area contributed by atoms with E-state index in [9.17, 15) is 9.59 Å². The molecule has 1 aromatic carbocycles. The number of aromatic amines is 1. The van der Waals surface area contributed by atoms with Gasteiger partial charge in [0.15, 0.2) is 5.82 Å². The zero-order valence-corrected chi connectivity index (χ0v) is 9.60. The minimum absolute atomic E-state index is 0.0221. The number of anilines is 1. The lowest BCUT2D eigenvalue weighted by Crippen LogP contribution is -2.14. The molecule has 6 heteroatoms. The highest BCUT2D eigenvalue weighted by atomic mass is 16.4. The maximum absolute atomic E-state index is 11.8. The number of carboxylic acid groups (broad SMARTS) is 1. The van der Waals surface area contributed by atoms with E-state index < -0.39 is 11.9 Å². The Morgan fingerprint density at radius 3 is 2.56 bits per heavy atom. The Kier molecular flexibility index (Phi) is 3.09. The first-order valence-electron chi connectivity index (χ1n) is 5.24. The molecule has 0 fully saturated rings. The van der Waals surface area contributed by atoms with E-state index in [1.807, 2.05) is 0 Å². The number of H-pyrrole nitrogens is 1. The van der Waals surface area contributed by atoms with E-state index in [0.717, 1.165) is 0 Å². The van der Waals surface area contributed by atoms with Crippen molar-refractivity contribution in [3.05, 3.63) is 47.2 Å². The molecule has 18 heavy (non-hydrogen) atoms. The summed E-state index contributed by atoms with van der Waals surface area (Å²) in [4.78, 5) is 22.9. The van der Waals surface area contributed by atoms with Crippen LogP contribution >= 0.6 is 0 Å². The Hall–Kier alpha value is -2.63. The van der Waals surface area contributed by atoms with E-state index in [1.165, 1.54) is 0 Å². The fraction of sp³-hybridized carbons (Fsp3) is 0.0833. The number of carboxylic acids is 1. The standard InChI is InChI=1S/C12H11N3O3/c1-7-9(12(17)18)10(15-14-7)13-11(16)8-5-3-2-4-6-8/h2-6H,1H3,(H,17,18)(H2,13,14,15,16). The molecular weight excluding hydrogens is 234 g/mol. The number of carbonyl (C=O) groups is 2. The van der Waals surface area contributed by atoms with Gasteiger partial charge in [-0.1, -0.05) is 18.2 Å². The number of rotatable bonds is 3. The van der Waals surface area contributed by atoms with Gasteiger partial charge in [-0.2, -0.15) is 5.10 Å². The van der Waals surface area contributed by atoms with Crippen molar-refractivity contribution in [2.45, 2.75) is 6.92 Å². The lowest BCUT2D eigenvalue weighted by molar-refractivity contribution is 0.0697. The third kappa shape index (κ3) is 2.22. The first-order chi connectivity index (χ1) is 8.59. The van der Waals surface area contributed by atoms with Gasteiger partial charge in [-0.15, -0.1) is 0 Å². The zero-order valence-electron chi connectivity index (χ0n) is 9.60. The number of aromatic nitrogens is 2. The SMILES string of the molecule is Cc1[nH]nc(NC(=O)c2ccccc2)c1C(=O)O. The summed E-state index contributed by atoms with van der Waals surface area (Å²) in [6.07, 6.45) is 0. The maximum Gasteiger partial charge on any atom is 0.341 e. The molecule has 1 amide bonds. The highest BCUT2D eigenvalue weighted by Crippen LogP contribution is 2.16. The lowest BCUT2D eigenvalue weighted by atomic mass is 10.2. The van der Waals surface area contributed by atoms with Gasteiger partial charge in [-0.25, -0.2) is 4.79 Å². The summed E-state index contributed by atoms with van der Waals surface area (Å²) in [7, 11) is 0. The van der Waals surface area contributed by atoms with Crippen molar-refractivity contribution >= 4 is 17.7 Å². The molecule has 0 atom stereocenters. The summed E-state index contributed by atoms with van der Waals surface area (Å²) in [5, 5.41) is 17.8. The fourth-order valence-corrected chi connectivity index (χ4v) is 1.55. The molecule has 1 heterocycles. The summed E-state index contributed by atoms with van der Waals surface area (Å²) in [5.41, 5.74) is 0.805. The third-order valence-electron chi connectivity index (χ3n) is 2.43. The molecule has 0 radical (unpaired) electrons. The lowest BCUT2D eigenvalue weighted by Gasteiger charge is -2.03. The summed E-state index contributed by atoms with van der Waals surface area (Å²) in [5.74, 6) is -1.51. The quantitative estimate of drug-likeness (QED) is 0.766. The van der Waals surface area contributed by atoms with Gasteiger partial charge >= 0.3 is 5.97 Å². The number of nitrogens with one attached hydrogen (secondary N) is 2. The summed E-state index contributed by atoms with van der Waals surface area (Å²) in [6, 6.07) is 8.51. The average molecular weight is 245 g/mol. The highest BCUT2D eigenvalue weighted by Gasteiger charge is 2.19. The van der Waals surface area contributed by atoms with Gasteiger partial charge in [0.2, 0.25) is 0 Å². The Bertz CT molecular complexity index is 590. The van der Waals surface area contributed by atoms with E-state index >= 15 is 0 Å². The van der Waals surface area contributed by atoms with Crippen molar-refractivity contribution in [2.75, 3.05) is 5.32 Å². The second kappa shape index (κ2) is 4.70. The molecule has 0 saturated heterocycles. The zero-order chi connectivity index (χ0) is 13.1. The number of hydrogen-bond acceptors (Lipinski definition) is 3. The van der Waals surface area contributed by atoms with Crippen molar-refractivity contribution in [1.29, 1.82) is 0 Å². The van der Waals surface area contributed by atoms with Gasteiger partial charge in [0.1, 0.15) is 5.56 Å². The predicted molar refractivity (Wildman–Crippen MR) is 64.7 cm³/mol. The largest absolute Gasteiger partial charge is 0.477 e. The van der Waals surface area contributed by atoms with Crippen LogP contribution in [0.15, 0.2) is 30.3 Å². The Morgan fingerprint density at radius 2 is 1.94 bits per heavy atom. The average Bonchev–Trinajstić information content (AvgIpc) is 2.71. The van der Waals surface area contributed by atoms with Crippen molar-refractivity contribution in [2.24, 2.45) is 0 Å². The molecule has 0 spiro atoms. The van der Waals surface area contributed by atoms with Crippen molar-refractivity contribution < 1.29 is 14.7 Å². The summed E-state index contributed by atoms with van der Waals surface area (Å²) in [6.45, 7) is 1.58. The second-order valence-electron chi connectivity index (χ2n) is 3.70. The highest BCUT2D eigenvalue weighted by molar-refractivity contribution is 6.07. The molecule has 92 valence electrons. The third-order valence-corrected chi connectivity index (χ3v) is 2.43. The van der Waals surface area contributed by atoms with E-state index in [0.29, 0.717) is 11.3 Å². The van der Waals surface area contributed by atoms with E-state index in [-0.39, 0.29) is 11.4 Å². The molecule has 0 saturated carbocycles. The van der Waals surface area contributed by atoms with Gasteiger partial charge in [0, 0.05) is 11.3 Å². The van der Waals surface area contributed by atoms with Gasteiger partial charge < -0.3 is 10.4 Å². The van der Waals surface area contributed by atoms with Crippen molar-refractivity contribution in [1.82, 2.24) is 10.2 Å². The van der Waals surface area contributed by atoms with Gasteiger partial charge in [0.25, 0.3) is 5.91 Å². The van der Waals surface area contributed by atoms with Gasteiger partial charge in [-0.3, -0.25) is 9.89 Å². The molecule has 2 aromatic rings. The van der Waals surface area contributed by atoms with Crippen LogP contribution in [0.5, 0.6) is 0 Å². The molecule has 0 aliphatic heterocycles. The molecule has 0 unspecified atom stereocenters. The van der Waals surface area contributed by atoms with Crippen molar-refractivity contribution in [3.63, 3.8) is 0 Å². The number of carbonyl (C=O) groups excluding carboxylic acids is 1. The first kappa shape index (κ1) is 11.8. The van der Waals surface area contributed by atoms with Crippen LogP contribution in [-0.2, 0) is 0 Å². The topological polar surface area (TPSA) is 95.1 Å². The predicted octanol–water partition coefficient (Wildman–Crippen LogP) is 1.67. The van der Waals surface area contributed by atoms with Crippen LogP contribution in [-0.4, -0.2) is 27.2 Å². The van der Waals surface area contributed by atoms with Crippen LogP contribution in [0, 0.1) is 6.92 Å². The maximum atomic E-state index is 11.8. The molecule has 6 nitrogen and oxygen atoms in total. The van der Waals surface area contributed by atoms with Crippen LogP contribution in [0.1, 0.15) is 26.4 Å². The minimum Gasteiger partial charge on any atom is -0.477 e. The molecule has 0 aliphatic carbocycles. The molecule has 1 aromatic heterocycles. The minimum atomic E-state index is -1.13.